The van der Waals surface area contributed by atoms with Crippen LogP contribution >= 0.6 is 0 Å². The molecule has 146 valence electrons. The normalized spacial score (nSPS) is 12.1. The van der Waals surface area contributed by atoms with E-state index in [0.717, 1.165) is 16.9 Å². The molecule has 2 aromatic heterocycles. The van der Waals surface area contributed by atoms with Crippen LogP contribution in [0.15, 0.2) is 59.5 Å². The minimum absolute atomic E-state index is 0.149. The third-order valence-electron chi connectivity index (χ3n) is 4.84. The lowest BCUT2D eigenvalue weighted by molar-refractivity contribution is 0.0935. The second kappa shape index (κ2) is 7.31. The molecule has 0 spiro atoms. The average molecular weight is 391 g/mol. The summed E-state index contributed by atoms with van der Waals surface area (Å²) in [6.45, 7) is 3.72. The van der Waals surface area contributed by atoms with Crippen LogP contribution in [0.5, 0.6) is 0 Å². The molecule has 0 fully saturated rings. The monoisotopic (exact) mass is 391 g/mol. The Morgan fingerprint density at radius 1 is 1.14 bits per heavy atom. The third kappa shape index (κ3) is 3.40. The summed E-state index contributed by atoms with van der Waals surface area (Å²) in [5.74, 6) is -0.723. The first-order valence-electron chi connectivity index (χ1n) is 9.04. The van der Waals surface area contributed by atoms with Crippen molar-refractivity contribution >= 4 is 16.7 Å². The fourth-order valence-electron chi connectivity index (χ4n) is 3.32. The van der Waals surface area contributed by atoms with Crippen molar-refractivity contribution in [3.05, 3.63) is 87.9 Å². The van der Waals surface area contributed by atoms with Crippen molar-refractivity contribution in [1.82, 2.24) is 25.3 Å². The number of rotatable bonds is 4. The van der Waals surface area contributed by atoms with Crippen LogP contribution in [-0.4, -0.2) is 25.9 Å². The number of nitrogens with zero attached hydrogens (tertiary/aromatic N) is 3. The Kier molecular flexibility index (Phi) is 4.67. The van der Waals surface area contributed by atoms with Gasteiger partial charge in [-0.25, -0.2) is 14.2 Å². The fourth-order valence-corrected chi connectivity index (χ4v) is 3.32. The Morgan fingerprint density at radius 2 is 1.83 bits per heavy atom. The molecule has 0 aliphatic carbocycles. The van der Waals surface area contributed by atoms with E-state index >= 15 is 0 Å². The number of aromatic nitrogens is 4. The van der Waals surface area contributed by atoms with Gasteiger partial charge in [-0.15, -0.1) is 0 Å². The highest BCUT2D eigenvalue weighted by Gasteiger charge is 2.20. The Hall–Kier alpha value is -3.81. The van der Waals surface area contributed by atoms with E-state index in [1.54, 1.807) is 47.3 Å². The van der Waals surface area contributed by atoms with Crippen molar-refractivity contribution < 1.29 is 9.18 Å². The minimum Gasteiger partial charge on any atom is -0.344 e. The predicted molar refractivity (Wildman–Crippen MR) is 107 cm³/mol. The lowest BCUT2D eigenvalue weighted by Gasteiger charge is -2.14. The van der Waals surface area contributed by atoms with Crippen molar-refractivity contribution in [1.29, 1.82) is 0 Å². The molecule has 2 aromatic carbocycles. The number of benzene rings is 2. The number of hydrogen-bond donors (Lipinski definition) is 2. The summed E-state index contributed by atoms with van der Waals surface area (Å²) >= 11 is 0. The zero-order valence-electron chi connectivity index (χ0n) is 15.8. The molecule has 8 heteroatoms. The van der Waals surface area contributed by atoms with Crippen molar-refractivity contribution in [2.45, 2.75) is 19.9 Å². The third-order valence-corrected chi connectivity index (χ3v) is 4.84. The average Bonchev–Trinajstić information content (AvgIpc) is 3.10. The maximum absolute atomic E-state index is 13.2. The SMILES string of the molecule is Cc1c(C(C)NC(=O)c2n[nH]c(=O)c3ccccc23)cnn1-c1ccc(F)cc1. The van der Waals surface area contributed by atoms with Gasteiger partial charge in [-0.3, -0.25) is 9.59 Å². The van der Waals surface area contributed by atoms with Crippen LogP contribution in [0.25, 0.3) is 16.5 Å². The van der Waals surface area contributed by atoms with Gasteiger partial charge in [0.1, 0.15) is 5.82 Å². The van der Waals surface area contributed by atoms with Gasteiger partial charge in [-0.1, -0.05) is 18.2 Å². The Labute approximate surface area is 165 Å². The van der Waals surface area contributed by atoms with Crippen LogP contribution in [0.4, 0.5) is 4.39 Å². The molecular formula is C21H18FN5O2. The molecule has 0 saturated carbocycles. The van der Waals surface area contributed by atoms with Gasteiger partial charge < -0.3 is 5.32 Å². The maximum Gasteiger partial charge on any atom is 0.272 e. The predicted octanol–water partition coefficient (Wildman–Crippen LogP) is 3.05. The van der Waals surface area contributed by atoms with Gasteiger partial charge in [0.05, 0.1) is 23.3 Å². The molecule has 4 rings (SSSR count). The second-order valence-corrected chi connectivity index (χ2v) is 6.72. The Bertz CT molecular complexity index is 1260. The summed E-state index contributed by atoms with van der Waals surface area (Å²) in [6.07, 6.45) is 1.67. The highest BCUT2D eigenvalue weighted by atomic mass is 19.1. The summed E-state index contributed by atoms with van der Waals surface area (Å²) in [5.41, 5.74) is 2.17. The summed E-state index contributed by atoms with van der Waals surface area (Å²) in [4.78, 5) is 24.7. The van der Waals surface area contributed by atoms with E-state index < -0.39 is 5.91 Å². The van der Waals surface area contributed by atoms with E-state index in [4.69, 9.17) is 0 Å². The standard InChI is InChI=1S/C21H18FN5O2/c1-12(18-11-23-27(13(18)2)15-9-7-14(22)8-10-15)24-21(29)19-16-5-3-4-6-17(16)20(28)26-25-19/h3-12H,1-2H3,(H,24,29)(H,26,28). The van der Waals surface area contributed by atoms with Crippen LogP contribution in [-0.2, 0) is 0 Å². The van der Waals surface area contributed by atoms with E-state index in [-0.39, 0.29) is 23.1 Å². The van der Waals surface area contributed by atoms with Gasteiger partial charge in [0.15, 0.2) is 5.69 Å². The van der Waals surface area contributed by atoms with Crippen molar-refractivity contribution in [3.63, 3.8) is 0 Å². The number of H-pyrrole nitrogens is 1. The van der Waals surface area contributed by atoms with Crippen LogP contribution < -0.4 is 10.9 Å². The first-order valence-corrected chi connectivity index (χ1v) is 9.04. The molecule has 1 amide bonds. The van der Waals surface area contributed by atoms with Crippen LogP contribution in [0.2, 0.25) is 0 Å². The molecule has 0 radical (unpaired) electrons. The number of carbonyl (C=O) groups is 1. The molecule has 29 heavy (non-hydrogen) atoms. The van der Waals surface area contributed by atoms with E-state index in [9.17, 15) is 14.0 Å². The Balaban J connectivity index is 1.61. The topological polar surface area (TPSA) is 92.7 Å². The number of carbonyl (C=O) groups excluding carboxylic acids is 1. The Morgan fingerprint density at radius 3 is 2.55 bits per heavy atom. The van der Waals surface area contributed by atoms with Gasteiger partial charge in [-0.2, -0.15) is 10.2 Å². The fraction of sp³-hybridized carbons (Fsp3) is 0.143. The largest absolute Gasteiger partial charge is 0.344 e. The van der Waals surface area contributed by atoms with E-state index in [2.05, 4.69) is 20.6 Å². The van der Waals surface area contributed by atoms with E-state index in [1.807, 2.05) is 13.8 Å². The van der Waals surface area contributed by atoms with E-state index in [0.29, 0.717) is 10.8 Å². The lowest BCUT2D eigenvalue weighted by Crippen LogP contribution is -2.29. The molecule has 1 atom stereocenters. The lowest BCUT2D eigenvalue weighted by atomic mass is 10.1. The van der Waals surface area contributed by atoms with Crippen LogP contribution in [0.1, 0.15) is 34.7 Å². The molecule has 7 nitrogen and oxygen atoms in total. The highest BCUT2D eigenvalue weighted by molar-refractivity contribution is 6.04. The summed E-state index contributed by atoms with van der Waals surface area (Å²) < 4.78 is 14.9. The summed E-state index contributed by atoms with van der Waals surface area (Å²) in [6, 6.07) is 12.5. The molecule has 4 aromatic rings. The molecule has 1 unspecified atom stereocenters. The first kappa shape index (κ1) is 18.5. The number of aromatic amines is 1. The van der Waals surface area contributed by atoms with Gasteiger partial charge in [0.25, 0.3) is 11.5 Å². The van der Waals surface area contributed by atoms with Crippen molar-refractivity contribution in [2.75, 3.05) is 0 Å². The smallest absolute Gasteiger partial charge is 0.272 e. The molecule has 2 heterocycles. The van der Waals surface area contributed by atoms with Crippen molar-refractivity contribution in [3.8, 4) is 5.69 Å². The number of fused-ring (bicyclic) bond motifs is 1. The van der Waals surface area contributed by atoms with Crippen LogP contribution in [0, 0.1) is 12.7 Å². The first-order chi connectivity index (χ1) is 14.0. The highest BCUT2D eigenvalue weighted by Crippen LogP contribution is 2.21. The summed E-state index contributed by atoms with van der Waals surface area (Å²) in [7, 11) is 0. The van der Waals surface area contributed by atoms with Crippen molar-refractivity contribution in [2.24, 2.45) is 0 Å². The number of amides is 1. The molecule has 0 aliphatic rings. The van der Waals surface area contributed by atoms with Gasteiger partial charge in [-0.05, 0) is 44.2 Å². The number of hydrogen-bond acceptors (Lipinski definition) is 4. The number of nitrogens with one attached hydrogen (secondary N) is 2. The second-order valence-electron chi connectivity index (χ2n) is 6.72. The summed E-state index contributed by atoms with van der Waals surface area (Å²) in [5, 5.41) is 14.4. The molecular weight excluding hydrogens is 373 g/mol. The molecule has 0 aliphatic heterocycles. The van der Waals surface area contributed by atoms with E-state index in [1.165, 1.54) is 12.1 Å². The molecule has 2 N–H and O–H groups in total. The van der Waals surface area contributed by atoms with Gasteiger partial charge >= 0.3 is 0 Å². The van der Waals surface area contributed by atoms with Crippen LogP contribution in [0.3, 0.4) is 0 Å². The maximum atomic E-state index is 13.2. The van der Waals surface area contributed by atoms with Gasteiger partial charge in [0, 0.05) is 16.6 Å². The minimum atomic E-state index is -0.404. The molecule has 0 saturated heterocycles. The zero-order chi connectivity index (χ0) is 20.5. The molecule has 0 bridgehead atoms. The van der Waals surface area contributed by atoms with Gasteiger partial charge in [0.2, 0.25) is 0 Å². The zero-order valence-corrected chi connectivity index (χ0v) is 15.8. The number of halogens is 1. The quantitative estimate of drug-likeness (QED) is 0.559.